The van der Waals surface area contributed by atoms with Crippen LogP contribution in [-0.4, -0.2) is 11.0 Å². The van der Waals surface area contributed by atoms with E-state index in [4.69, 9.17) is 11.6 Å². The van der Waals surface area contributed by atoms with Gasteiger partial charge in [-0.2, -0.15) is 0 Å². The van der Waals surface area contributed by atoms with Crippen LogP contribution in [-0.2, 0) is 0 Å². The number of aliphatic hydroxyl groups excluding tert-OH is 1. The summed E-state index contributed by atoms with van der Waals surface area (Å²) in [4.78, 5) is 0. The maximum Gasteiger partial charge on any atom is 0.124 e. The highest BCUT2D eigenvalue weighted by Gasteiger charge is 2.08. The molecule has 1 unspecified atom stereocenters. The summed E-state index contributed by atoms with van der Waals surface area (Å²) >= 11 is 8.61. The van der Waals surface area contributed by atoms with Gasteiger partial charge in [0.2, 0.25) is 0 Å². The highest BCUT2D eigenvalue weighted by Crippen LogP contribution is 2.22. The van der Waals surface area contributed by atoms with Crippen LogP contribution in [0.1, 0.15) is 18.1 Å². The van der Waals surface area contributed by atoms with Crippen molar-refractivity contribution in [2.45, 2.75) is 12.5 Å². The lowest BCUT2D eigenvalue weighted by atomic mass is 10.1. The molecule has 1 N–H and O–H groups in total. The monoisotopic (exact) mass is 266 g/mol. The van der Waals surface area contributed by atoms with E-state index in [0.717, 1.165) is 0 Å². The summed E-state index contributed by atoms with van der Waals surface area (Å²) in [6.45, 7) is 0. The molecule has 72 valence electrons. The molecule has 1 rings (SSSR count). The Morgan fingerprint density at radius 1 is 1.46 bits per heavy atom. The molecule has 0 bridgehead atoms. The van der Waals surface area contributed by atoms with Crippen molar-refractivity contribution in [1.82, 2.24) is 0 Å². The van der Waals surface area contributed by atoms with Gasteiger partial charge in [0.25, 0.3) is 0 Å². The second-order valence-corrected chi connectivity index (χ2v) is 3.99. The van der Waals surface area contributed by atoms with Gasteiger partial charge >= 0.3 is 0 Å². The van der Waals surface area contributed by atoms with Crippen LogP contribution in [0.4, 0.5) is 4.39 Å². The number of alkyl halides is 1. The predicted molar refractivity (Wildman–Crippen MR) is 54.4 cm³/mol. The van der Waals surface area contributed by atoms with E-state index < -0.39 is 6.10 Å². The Morgan fingerprint density at radius 2 is 2.15 bits per heavy atom. The van der Waals surface area contributed by atoms with E-state index in [2.05, 4.69) is 15.9 Å². The van der Waals surface area contributed by atoms with E-state index in [-0.39, 0.29) is 5.82 Å². The summed E-state index contributed by atoms with van der Waals surface area (Å²) in [6, 6.07) is 4.33. The number of hydrogen-bond acceptors (Lipinski definition) is 1. The number of rotatable bonds is 3. The van der Waals surface area contributed by atoms with E-state index in [1.807, 2.05) is 0 Å². The second kappa shape index (κ2) is 4.94. The quantitative estimate of drug-likeness (QED) is 0.834. The van der Waals surface area contributed by atoms with Crippen molar-refractivity contribution in [3.05, 3.63) is 34.1 Å². The molecule has 0 amide bonds. The standard InChI is InChI=1S/C9H9BrClFO/c10-7-3-6(4-8(12)5-7)9(13)1-2-11/h3-5,9,13H,1-2H2. The molecule has 0 spiro atoms. The van der Waals surface area contributed by atoms with Gasteiger partial charge in [-0.05, 0) is 30.2 Å². The molecule has 0 heterocycles. The van der Waals surface area contributed by atoms with Gasteiger partial charge in [0.1, 0.15) is 5.82 Å². The molecular weight excluding hydrogens is 258 g/mol. The molecule has 1 atom stereocenters. The Kier molecular flexibility index (Phi) is 4.16. The summed E-state index contributed by atoms with van der Waals surface area (Å²) in [6.07, 6.45) is -0.262. The van der Waals surface area contributed by atoms with Gasteiger partial charge in [-0.25, -0.2) is 4.39 Å². The zero-order chi connectivity index (χ0) is 9.84. The molecule has 0 saturated carbocycles. The average Bonchev–Trinajstić information content (AvgIpc) is 2.03. The van der Waals surface area contributed by atoms with E-state index >= 15 is 0 Å². The lowest BCUT2D eigenvalue weighted by Crippen LogP contribution is -1.98. The largest absolute Gasteiger partial charge is 0.388 e. The fourth-order valence-corrected chi connectivity index (χ4v) is 1.73. The van der Waals surface area contributed by atoms with Gasteiger partial charge in [0.15, 0.2) is 0 Å². The number of hydrogen-bond donors (Lipinski definition) is 1. The van der Waals surface area contributed by atoms with Crippen LogP contribution < -0.4 is 0 Å². The first-order chi connectivity index (χ1) is 6.13. The van der Waals surface area contributed by atoms with Crippen molar-refractivity contribution in [1.29, 1.82) is 0 Å². The minimum atomic E-state index is -0.690. The normalized spacial score (nSPS) is 12.9. The summed E-state index contributed by atoms with van der Waals surface area (Å²) in [7, 11) is 0. The SMILES string of the molecule is OC(CCCl)c1cc(F)cc(Br)c1. The number of halogens is 3. The third-order valence-electron chi connectivity index (χ3n) is 1.65. The van der Waals surface area contributed by atoms with Gasteiger partial charge in [-0.3, -0.25) is 0 Å². The van der Waals surface area contributed by atoms with E-state index in [1.165, 1.54) is 12.1 Å². The molecule has 13 heavy (non-hydrogen) atoms. The molecule has 0 aliphatic rings. The van der Waals surface area contributed by atoms with Crippen LogP contribution >= 0.6 is 27.5 Å². The van der Waals surface area contributed by atoms with Gasteiger partial charge in [0, 0.05) is 10.4 Å². The fourth-order valence-electron chi connectivity index (χ4n) is 1.04. The van der Waals surface area contributed by atoms with Crippen LogP contribution in [0.3, 0.4) is 0 Å². The Balaban J connectivity index is 2.87. The first-order valence-corrected chi connectivity index (χ1v) is 5.16. The first-order valence-electron chi connectivity index (χ1n) is 3.83. The molecule has 0 aliphatic heterocycles. The molecule has 0 saturated heterocycles. The molecule has 1 aromatic rings. The second-order valence-electron chi connectivity index (χ2n) is 2.70. The van der Waals surface area contributed by atoms with Crippen LogP contribution in [0, 0.1) is 5.82 Å². The number of aliphatic hydroxyl groups is 1. The maximum atomic E-state index is 12.9. The van der Waals surface area contributed by atoms with Crippen LogP contribution in [0.25, 0.3) is 0 Å². The summed E-state index contributed by atoms with van der Waals surface area (Å²) in [5.74, 6) is -0.00652. The third-order valence-corrected chi connectivity index (χ3v) is 2.33. The lowest BCUT2D eigenvalue weighted by molar-refractivity contribution is 0.174. The summed E-state index contributed by atoms with van der Waals surface area (Å²) in [5.41, 5.74) is 0.549. The van der Waals surface area contributed by atoms with Crippen molar-refractivity contribution in [3.8, 4) is 0 Å². The Morgan fingerprint density at radius 3 is 2.69 bits per heavy atom. The lowest BCUT2D eigenvalue weighted by Gasteiger charge is -2.09. The number of benzene rings is 1. The van der Waals surface area contributed by atoms with Crippen LogP contribution in [0.5, 0.6) is 0 Å². The van der Waals surface area contributed by atoms with E-state index in [9.17, 15) is 9.50 Å². The molecular formula is C9H9BrClFO. The van der Waals surface area contributed by atoms with Crippen molar-refractivity contribution in [2.75, 3.05) is 5.88 Å². The zero-order valence-corrected chi connectivity index (χ0v) is 9.15. The molecule has 0 aliphatic carbocycles. The topological polar surface area (TPSA) is 20.2 Å². The van der Waals surface area contributed by atoms with Crippen molar-refractivity contribution in [3.63, 3.8) is 0 Å². The highest BCUT2D eigenvalue weighted by atomic mass is 79.9. The van der Waals surface area contributed by atoms with E-state index in [0.29, 0.717) is 22.3 Å². The van der Waals surface area contributed by atoms with Gasteiger partial charge in [0.05, 0.1) is 6.10 Å². The van der Waals surface area contributed by atoms with E-state index in [1.54, 1.807) is 6.07 Å². The predicted octanol–water partition coefficient (Wildman–Crippen LogP) is 3.25. The fraction of sp³-hybridized carbons (Fsp3) is 0.333. The van der Waals surface area contributed by atoms with Crippen molar-refractivity contribution in [2.24, 2.45) is 0 Å². The van der Waals surface area contributed by atoms with Gasteiger partial charge in [-0.1, -0.05) is 15.9 Å². The Labute approximate surface area is 89.7 Å². The Hall–Kier alpha value is -0.120. The van der Waals surface area contributed by atoms with Gasteiger partial charge in [-0.15, -0.1) is 11.6 Å². The van der Waals surface area contributed by atoms with Crippen molar-refractivity contribution < 1.29 is 9.50 Å². The molecule has 1 nitrogen and oxygen atoms in total. The smallest absolute Gasteiger partial charge is 0.124 e. The molecule has 0 fully saturated rings. The third kappa shape index (κ3) is 3.25. The Bertz CT molecular complexity index is 273. The molecule has 0 aromatic heterocycles. The highest BCUT2D eigenvalue weighted by molar-refractivity contribution is 9.10. The zero-order valence-electron chi connectivity index (χ0n) is 6.80. The molecule has 0 radical (unpaired) electrons. The van der Waals surface area contributed by atoms with Gasteiger partial charge < -0.3 is 5.11 Å². The summed E-state index contributed by atoms with van der Waals surface area (Å²) < 4.78 is 13.5. The van der Waals surface area contributed by atoms with Crippen LogP contribution in [0.15, 0.2) is 22.7 Å². The minimum Gasteiger partial charge on any atom is -0.388 e. The summed E-state index contributed by atoms with van der Waals surface area (Å²) in [5, 5.41) is 9.50. The average molecular weight is 268 g/mol. The molecule has 1 aromatic carbocycles. The molecule has 4 heteroatoms. The maximum absolute atomic E-state index is 12.9. The van der Waals surface area contributed by atoms with Crippen LogP contribution in [0.2, 0.25) is 0 Å². The minimum absolute atomic E-state index is 0.356. The first kappa shape index (κ1) is 11.0. The van der Waals surface area contributed by atoms with Crippen molar-refractivity contribution >= 4 is 27.5 Å².